The van der Waals surface area contributed by atoms with Crippen molar-refractivity contribution in [1.82, 2.24) is 5.32 Å². The first-order valence-corrected chi connectivity index (χ1v) is 10.6. The maximum absolute atomic E-state index is 12.6. The molecule has 0 aromatic heterocycles. The molecule has 1 aliphatic rings. The fraction of sp³-hybridized carbons (Fsp3) is 0.316. The molecular weight excluding hydrogens is 372 g/mol. The summed E-state index contributed by atoms with van der Waals surface area (Å²) < 4.78 is 26.8. The Hall–Kier alpha value is -2.05. The molecule has 7 heteroatoms. The van der Waals surface area contributed by atoms with Crippen LogP contribution in [0.2, 0.25) is 5.02 Å². The van der Waals surface area contributed by atoms with Gasteiger partial charge < -0.3 is 5.32 Å². The van der Waals surface area contributed by atoms with Crippen LogP contribution in [-0.2, 0) is 14.8 Å². The summed E-state index contributed by atoms with van der Waals surface area (Å²) in [6, 6.07) is 15.9. The molecule has 2 aromatic rings. The second-order valence-corrected chi connectivity index (χ2v) is 8.72. The summed E-state index contributed by atoms with van der Waals surface area (Å²) in [5.41, 5.74) is 1.43. The lowest BCUT2D eigenvalue weighted by Gasteiger charge is -2.17. The van der Waals surface area contributed by atoms with E-state index in [0.29, 0.717) is 16.6 Å². The molecule has 138 valence electrons. The maximum atomic E-state index is 12.6. The fourth-order valence-corrected chi connectivity index (χ4v) is 3.99. The molecule has 3 rings (SSSR count). The first-order valence-electron chi connectivity index (χ1n) is 8.53. The number of sulfonamides is 1. The number of para-hydroxylation sites is 1. The molecule has 1 amide bonds. The van der Waals surface area contributed by atoms with Crippen molar-refractivity contribution in [1.29, 1.82) is 0 Å². The molecule has 0 saturated heterocycles. The molecule has 1 aliphatic carbocycles. The highest BCUT2D eigenvalue weighted by atomic mass is 35.5. The number of benzene rings is 2. The van der Waals surface area contributed by atoms with Gasteiger partial charge in [-0.25, -0.2) is 8.42 Å². The van der Waals surface area contributed by atoms with Gasteiger partial charge >= 0.3 is 0 Å². The Kier molecular flexibility index (Phi) is 5.84. The van der Waals surface area contributed by atoms with Gasteiger partial charge in [-0.05, 0) is 48.6 Å². The van der Waals surface area contributed by atoms with E-state index in [9.17, 15) is 13.2 Å². The van der Waals surface area contributed by atoms with E-state index in [1.54, 1.807) is 36.4 Å². The summed E-state index contributed by atoms with van der Waals surface area (Å²) in [5.74, 6) is -0.247. The zero-order valence-corrected chi connectivity index (χ0v) is 15.8. The highest BCUT2D eigenvalue weighted by molar-refractivity contribution is 7.92. The third-order valence-electron chi connectivity index (χ3n) is 4.32. The van der Waals surface area contributed by atoms with Gasteiger partial charge in [0.25, 0.3) is 0 Å². The number of anilines is 1. The summed E-state index contributed by atoms with van der Waals surface area (Å²) in [4.78, 5) is 12.6. The standard InChI is InChI=1S/C19H21ClN2O3S/c20-16-10-8-15(9-11-16)18(14-6-7-14)19(23)21-12-13-26(24,25)22-17-4-2-1-3-5-17/h1-5,8-11,14,18,22H,6-7,12-13H2,(H,21,23). The maximum Gasteiger partial charge on any atom is 0.234 e. The van der Waals surface area contributed by atoms with Gasteiger partial charge in [0, 0.05) is 17.3 Å². The van der Waals surface area contributed by atoms with Gasteiger partial charge in [-0.3, -0.25) is 9.52 Å². The zero-order chi connectivity index (χ0) is 18.6. The molecule has 1 unspecified atom stereocenters. The molecule has 0 radical (unpaired) electrons. The molecule has 0 heterocycles. The van der Waals surface area contributed by atoms with Crippen LogP contribution >= 0.6 is 11.6 Å². The van der Waals surface area contributed by atoms with Crippen molar-refractivity contribution in [3.8, 4) is 0 Å². The number of halogens is 1. The Morgan fingerprint density at radius 2 is 1.73 bits per heavy atom. The topological polar surface area (TPSA) is 75.3 Å². The first-order chi connectivity index (χ1) is 12.4. The van der Waals surface area contributed by atoms with E-state index >= 15 is 0 Å². The monoisotopic (exact) mass is 392 g/mol. The van der Waals surface area contributed by atoms with Crippen LogP contribution in [0.3, 0.4) is 0 Å². The Balaban J connectivity index is 1.56. The van der Waals surface area contributed by atoms with Crippen LogP contribution in [0.1, 0.15) is 24.3 Å². The van der Waals surface area contributed by atoms with Crippen molar-refractivity contribution < 1.29 is 13.2 Å². The van der Waals surface area contributed by atoms with Crippen molar-refractivity contribution in [2.24, 2.45) is 5.92 Å². The van der Waals surface area contributed by atoms with E-state index < -0.39 is 10.0 Å². The van der Waals surface area contributed by atoms with E-state index in [1.165, 1.54) is 0 Å². The average molecular weight is 393 g/mol. The molecule has 2 N–H and O–H groups in total. The molecule has 2 aromatic carbocycles. The summed E-state index contributed by atoms with van der Waals surface area (Å²) in [7, 11) is -3.51. The van der Waals surface area contributed by atoms with E-state index in [1.807, 2.05) is 18.2 Å². The zero-order valence-electron chi connectivity index (χ0n) is 14.2. The van der Waals surface area contributed by atoms with Crippen LogP contribution in [0, 0.1) is 5.92 Å². The number of carbonyl (C=O) groups excluding carboxylic acids is 1. The molecule has 0 bridgehead atoms. The van der Waals surface area contributed by atoms with E-state index in [0.717, 1.165) is 18.4 Å². The third kappa shape index (κ3) is 5.22. The third-order valence-corrected chi connectivity index (χ3v) is 5.86. The lowest BCUT2D eigenvalue weighted by Crippen LogP contribution is -2.35. The SMILES string of the molecule is O=C(NCCS(=O)(=O)Nc1ccccc1)C(c1ccc(Cl)cc1)C1CC1. The van der Waals surface area contributed by atoms with Gasteiger partial charge in [-0.2, -0.15) is 0 Å². The minimum Gasteiger partial charge on any atom is -0.354 e. The second-order valence-electron chi connectivity index (χ2n) is 6.44. The van der Waals surface area contributed by atoms with Gasteiger partial charge in [0.15, 0.2) is 0 Å². The summed E-state index contributed by atoms with van der Waals surface area (Å²) in [5, 5.41) is 3.39. The largest absolute Gasteiger partial charge is 0.354 e. The predicted octanol–water partition coefficient (Wildman–Crippen LogP) is 3.39. The molecule has 0 spiro atoms. The average Bonchev–Trinajstić information content (AvgIpc) is 3.42. The van der Waals surface area contributed by atoms with Gasteiger partial charge in [0.05, 0.1) is 11.7 Å². The van der Waals surface area contributed by atoms with Crippen LogP contribution < -0.4 is 10.0 Å². The number of rotatable bonds is 8. The summed E-state index contributed by atoms with van der Waals surface area (Å²) >= 11 is 5.92. The van der Waals surface area contributed by atoms with Crippen molar-refractivity contribution in [2.75, 3.05) is 17.0 Å². The van der Waals surface area contributed by atoms with Crippen LogP contribution in [0.25, 0.3) is 0 Å². The normalized spacial score (nSPS) is 15.3. The molecule has 1 atom stereocenters. The minimum absolute atomic E-state index is 0.0673. The van der Waals surface area contributed by atoms with Crippen LogP contribution in [0.5, 0.6) is 0 Å². The van der Waals surface area contributed by atoms with Crippen molar-refractivity contribution in [3.05, 3.63) is 65.2 Å². The molecule has 0 aliphatic heterocycles. The van der Waals surface area contributed by atoms with E-state index in [-0.39, 0.29) is 24.1 Å². The molecule has 26 heavy (non-hydrogen) atoms. The Labute approximate surface area is 158 Å². The summed E-state index contributed by atoms with van der Waals surface area (Å²) in [6.07, 6.45) is 2.02. The highest BCUT2D eigenvalue weighted by Gasteiger charge is 2.37. The number of amides is 1. The van der Waals surface area contributed by atoms with Crippen LogP contribution in [0.15, 0.2) is 54.6 Å². The lowest BCUT2D eigenvalue weighted by molar-refractivity contribution is -0.122. The Morgan fingerprint density at radius 3 is 2.35 bits per heavy atom. The summed E-state index contributed by atoms with van der Waals surface area (Å²) in [6.45, 7) is 0.0673. The smallest absolute Gasteiger partial charge is 0.234 e. The molecule has 1 saturated carbocycles. The number of hydrogen-bond acceptors (Lipinski definition) is 3. The number of nitrogens with one attached hydrogen (secondary N) is 2. The van der Waals surface area contributed by atoms with Crippen LogP contribution in [-0.4, -0.2) is 26.6 Å². The number of hydrogen-bond donors (Lipinski definition) is 2. The van der Waals surface area contributed by atoms with Crippen molar-refractivity contribution in [3.63, 3.8) is 0 Å². The Morgan fingerprint density at radius 1 is 1.08 bits per heavy atom. The van der Waals surface area contributed by atoms with Gasteiger partial charge in [-0.15, -0.1) is 0 Å². The minimum atomic E-state index is -3.51. The fourth-order valence-electron chi connectivity index (χ4n) is 2.89. The molecular formula is C19H21ClN2O3S. The van der Waals surface area contributed by atoms with Crippen molar-refractivity contribution in [2.45, 2.75) is 18.8 Å². The van der Waals surface area contributed by atoms with Gasteiger partial charge in [0.2, 0.25) is 15.9 Å². The lowest BCUT2D eigenvalue weighted by atomic mass is 9.93. The predicted molar refractivity (Wildman–Crippen MR) is 104 cm³/mol. The highest BCUT2D eigenvalue weighted by Crippen LogP contribution is 2.42. The number of carbonyl (C=O) groups is 1. The first kappa shape index (κ1) is 18.7. The molecule has 1 fully saturated rings. The Bertz CT molecular complexity index is 850. The second kappa shape index (κ2) is 8.10. The van der Waals surface area contributed by atoms with E-state index in [4.69, 9.17) is 11.6 Å². The van der Waals surface area contributed by atoms with E-state index in [2.05, 4.69) is 10.0 Å². The van der Waals surface area contributed by atoms with Gasteiger partial charge in [-0.1, -0.05) is 41.9 Å². The quantitative estimate of drug-likeness (QED) is 0.723. The van der Waals surface area contributed by atoms with Crippen molar-refractivity contribution >= 4 is 33.2 Å². The van der Waals surface area contributed by atoms with Crippen LogP contribution in [0.4, 0.5) is 5.69 Å². The molecule has 5 nitrogen and oxygen atoms in total. The van der Waals surface area contributed by atoms with Gasteiger partial charge in [0.1, 0.15) is 0 Å².